The summed E-state index contributed by atoms with van der Waals surface area (Å²) in [6, 6.07) is 61.2. The van der Waals surface area contributed by atoms with Gasteiger partial charge in [0.25, 0.3) is 0 Å². The van der Waals surface area contributed by atoms with E-state index < -0.39 is 0 Å². The molecule has 0 aliphatic heterocycles. The molecular weight excluding hydrogens is 558 g/mol. The second kappa shape index (κ2) is 10.5. The number of hydrogen-bond donors (Lipinski definition) is 0. The average Bonchev–Trinajstić information content (AvgIpc) is 3.64. The number of benzene rings is 7. The maximum absolute atomic E-state index is 2.38. The van der Waals surface area contributed by atoms with Crippen molar-refractivity contribution in [3.8, 4) is 22.5 Å². The fourth-order valence-electron chi connectivity index (χ4n) is 7.06. The molecule has 218 valence electrons. The molecule has 0 unspecified atom stereocenters. The average molecular weight is 590 g/mol. The Morgan fingerprint density at radius 2 is 0.826 bits per heavy atom. The fraction of sp³-hybridized carbons (Fsp3) is 0.0233. The van der Waals surface area contributed by atoms with E-state index in [9.17, 15) is 0 Å². The van der Waals surface area contributed by atoms with Crippen LogP contribution in [-0.4, -0.2) is 16.2 Å². The van der Waals surface area contributed by atoms with Crippen LogP contribution in [0.4, 0.5) is 11.4 Å². The summed E-state index contributed by atoms with van der Waals surface area (Å²) in [5.74, 6) is 0. The molecule has 0 amide bonds. The Balaban J connectivity index is 1.09. The number of aromatic nitrogens is 2. The summed E-state index contributed by atoms with van der Waals surface area (Å²) in [5.41, 5.74) is 11.9. The van der Waals surface area contributed by atoms with Gasteiger partial charge in [0, 0.05) is 51.3 Å². The van der Waals surface area contributed by atoms with Gasteiger partial charge in [0.05, 0.1) is 22.1 Å². The van der Waals surface area contributed by atoms with Crippen LogP contribution < -0.4 is 4.90 Å². The first-order chi connectivity index (χ1) is 22.7. The van der Waals surface area contributed by atoms with Crippen LogP contribution in [0.15, 0.2) is 170 Å². The predicted molar refractivity (Wildman–Crippen MR) is 195 cm³/mol. The molecular formula is C43H31N3. The lowest BCUT2D eigenvalue weighted by Crippen LogP contribution is -2.09. The van der Waals surface area contributed by atoms with Crippen molar-refractivity contribution >= 4 is 55.0 Å². The quantitative estimate of drug-likeness (QED) is 0.195. The van der Waals surface area contributed by atoms with Gasteiger partial charge in [-0.25, -0.2) is 0 Å². The molecule has 0 bridgehead atoms. The van der Waals surface area contributed by atoms with Gasteiger partial charge in [0.15, 0.2) is 0 Å². The van der Waals surface area contributed by atoms with Crippen LogP contribution in [0.5, 0.6) is 0 Å². The molecule has 2 aromatic heterocycles. The van der Waals surface area contributed by atoms with Crippen LogP contribution in [0.3, 0.4) is 0 Å². The van der Waals surface area contributed by atoms with Crippen LogP contribution in [0.2, 0.25) is 0 Å². The molecule has 0 saturated carbocycles. The summed E-state index contributed by atoms with van der Waals surface area (Å²) in [7, 11) is 2.15. The molecule has 3 nitrogen and oxygen atoms in total. The zero-order valence-corrected chi connectivity index (χ0v) is 25.5. The van der Waals surface area contributed by atoms with Gasteiger partial charge in [-0.2, -0.15) is 0 Å². The Morgan fingerprint density at radius 1 is 0.348 bits per heavy atom. The molecule has 0 spiro atoms. The summed E-state index contributed by atoms with van der Waals surface area (Å²) < 4.78 is 4.73. The number of rotatable bonds is 5. The topological polar surface area (TPSA) is 13.1 Å². The van der Waals surface area contributed by atoms with Crippen molar-refractivity contribution in [2.24, 2.45) is 0 Å². The SMILES string of the molecule is CN(c1ccc(-c2ccc3c4ccccc4n(-c4ccccc4)c3c2)cc1)c1ccc2c(c1)c1ccccc1n2-c1ccccc1. The number of hydrogen-bond acceptors (Lipinski definition) is 1. The molecule has 0 saturated heterocycles. The van der Waals surface area contributed by atoms with Gasteiger partial charge in [-0.3, -0.25) is 0 Å². The van der Waals surface area contributed by atoms with E-state index in [1.54, 1.807) is 0 Å². The maximum Gasteiger partial charge on any atom is 0.0547 e. The van der Waals surface area contributed by atoms with E-state index in [2.05, 4.69) is 191 Å². The normalized spacial score (nSPS) is 11.6. The molecule has 0 aliphatic carbocycles. The number of nitrogens with zero attached hydrogens (tertiary/aromatic N) is 3. The van der Waals surface area contributed by atoms with Crippen LogP contribution in [-0.2, 0) is 0 Å². The van der Waals surface area contributed by atoms with E-state index in [4.69, 9.17) is 0 Å². The highest BCUT2D eigenvalue weighted by Gasteiger charge is 2.15. The van der Waals surface area contributed by atoms with Crippen LogP contribution >= 0.6 is 0 Å². The van der Waals surface area contributed by atoms with Crippen molar-refractivity contribution in [1.82, 2.24) is 9.13 Å². The van der Waals surface area contributed by atoms with Crippen molar-refractivity contribution in [3.05, 3.63) is 170 Å². The smallest absolute Gasteiger partial charge is 0.0547 e. The fourth-order valence-corrected chi connectivity index (χ4v) is 7.06. The number of fused-ring (bicyclic) bond motifs is 6. The van der Waals surface area contributed by atoms with Crippen molar-refractivity contribution in [2.45, 2.75) is 0 Å². The van der Waals surface area contributed by atoms with Gasteiger partial charge in [0.1, 0.15) is 0 Å². The highest BCUT2D eigenvalue weighted by atomic mass is 15.1. The Kier molecular flexibility index (Phi) is 6.04. The number of para-hydroxylation sites is 4. The van der Waals surface area contributed by atoms with E-state index in [-0.39, 0.29) is 0 Å². The second-order valence-corrected chi connectivity index (χ2v) is 11.9. The summed E-state index contributed by atoms with van der Waals surface area (Å²) in [5, 5.41) is 5.05. The minimum Gasteiger partial charge on any atom is -0.345 e. The van der Waals surface area contributed by atoms with E-state index in [0.717, 1.165) is 11.4 Å². The van der Waals surface area contributed by atoms with Gasteiger partial charge in [-0.15, -0.1) is 0 Å². The Labute approximate surface area is 267 Å². The van der Waals surface area contributed by atoms with Crippen LogP contribution in [0.25, 0.3) is 66.1 Å². The monoisotopic (exact) mass is 589 g/mol. The molecule has 0 fully saturated rings. The minimum absolute atomic E-state index is 1.15. The third-order valence-corrected chi connectivity index (χ3v) is 9.33. The van der Waals surface area contributed by atoms with Crippen LogP contribution in [0.1, 0.15) is 0 Å². The van der Waals surface area contributed by atoms with Crippen molar-refractivity contribution in [2.75, 3.05) is 11.9 Å². The third-order valence-electron chi connectivity index (χ3n) is 9.33. The molecule has 0 N–H and O–H groups in total. The lowest BCUT2D eigenvalue weighted by Gasteiger charge is -2.20. The molecule has 0 atom stereocenters. The number of anilines is 2. The zero-order chi connectivity index (χ0) is 30.6. The molecule has 2 heterocycles. The first-order valence-electron chi connectivity index (χ1n) is 15.8. The molecule has 3 heteroatoms. The van der Waals surface area contributed by atoms with Gasteiger partial charge >= 0.3 is 0 Å². The van der Waals surface area contributed by atoms with Crippen molar-refractivity contribution in [3.63, 3.8) is 0 Å². The minimum atomic E-state index is 1.15. The summed E-state index contributed by atoms with van der Waals surface area (Å²) in [4.78, 5) is 2.27. The Hall–Kier alpha value is -6.06. The van der Waals surface area contributed by atoms with Crippen LogP contribution in [0, 0.1) is 0 Å². The highest BCUT2D eigenvalue weighted by molar-refractivity contribution is 6.11. The van der Waals surface area contributed by atoms with Gasteiger partial charge in [-0.05, 0) is 83.9 Å². The third kappa shape index (κ3) is 4.13. The summed E-state index contributed by atoms with van der Waals surface area (Å²) in [6.45, 7) is 0. The lowest BCUT2D eigenvalue weighted by atomic mass is 10.0. The molecule has 0 aliphatic rings. The van der Waals surface area contributed by atoms with Gasteiger partial charge in [-0.1, -0.05) is 97.1 Å². The molecule has 9 rings (SSSR count). The van der Waals surface area contributed by atoms with Crippen molar-refractivity contribution < 1.29 is 0 Å². The second-order valence-electron chi connectivity index (χ2n) is 11.9. The molecule has 46 heavy (non-hydrogen) atoms. The van der Waals surface area contributed by atoms with Gasteiger partial charge < -0.3 is 14.0 Å². The Bertz CT molecular complexity index is 2520. The van der Waals surface area contributed by atoms with E-state index in [0.29, 0.717) is 0 Å². The van der Waals surface area contributed by atoms with E-state index in [1.165, 1.54) is 66.1 Å². The molecule has 7 aromatic carbocycles. The standard InChI is InChI=1S/C43H31N3/c1-44(35-25-27-42-39(29-35)37-17-9-11-19-41(37)45(42)33-12-4-2-5-13-33)32-23-20-30(21-24-32)31-22-26-38-36-16-8-10-18-40(36)46(43(38)28-31)34-14-6-3-7-15-34/h2-29H,1H3. The summed E-state index contributed by atoms with van der Waals surface area (Å²) in [6.07, 6.45) is 0. The Morgan fingerprint density at radius 3 is 1.48 bits per heavy atom. The predicted octanol–water partition coefficient (Wildman–Crippen LogP) is 11.3. The molecule has 0 radical (unpaired) electrons. The highest BCUT2D eigenvalue weighted by Crippen LogP contribution is 2.37. The first-order valence-corrected chi connectivity index (χ1v) is 15.8. The molecule has 9 aromatic rings. The summed E-state index contributed by atoms with van der Waals surface area (Å²) >= 11 is 0. The van der Waals surface area contributed by atoms with E-state index >= 15 is 0 Å². The maximum atomic E-state index is 2.38. The van der Waals surface area contributed by atoms with Gasteiger partial charge in [0.2, 0.25) is 0 Å². The first kappa shape index (κ1) is 26.4. The lowest BCUT2D eigenvalue weighted by molar-refractivity contribution is 1.17. The largest absolute Gasteiger partial charge is 0.345 e. The van der Waals surface area contributed by atoms with E-state index in [1.807, 2.05) is 0 Å². The van der Waals surface area contributed by atoms with Crippen molar-refractivity contribution in [1.29, 1.82) is 0 Å². The zero-order valence-electron chi connectivity index (χ0n) is 25.5.